The van der Waals surface area contributed by atoms with Crippen LogP contribution in [0.15, 0.2) is 0 Å². The second kappa shape index (κ2) is 3.45. The maximum atomic E-state index is 10.8. The van der Waals surface area contributed by atoms with Gasteiger partial charge in [0.1, 0.15) is 0 Å². The molecular weight excluding hydrogens is 162 g/mol. The Morgan fingerprint density at radius 2 is 2.55 bits per heavy atom. The number of hydrogen-bond donors (Lipinski definition) is 2. The predicted octanol–water partition coefficient (Wildman–Crippen LogP) is 0.904. The molecule has 0 aromatic carbocycles. The lowest BCUT2D eigenvalue weighted by Crippen LogP contribution is -2.44. The lowest BCUT2D eigenvalue weighted by Gasteiger charge is -2.22. The number of carbonyl (C=O) groups is 1. The fourth-order valence-electron chi connectivity index (χ4n) is 1.33. The predicted molar refractivity (Wildman–Crippen MR) is 45.7 cm³/mol. The van der Waals surface area contributed by atoms with Crippen molar-refractivity contribution in [2.24, 2.45) is 0 Å². The highest BCUT2D eigenvalue weighted by Crippen LogP contribution is 2.31. The van der Waals surface area contributed by atoms with Gasteiger partial charge in [-0.15, -0.1) is 11.8 Å². The minimum atomic E-state index is -0.721. The van der Waals surface area contributed by atoms with Gasteiger partial charge in [0.25, 0.3) is 0 Å². The summed E-state index contributed by atoms with van der Waals surface area (Å²) in [5.41, 5.74) is 0. The molecule has 3 nitrogen and oxygen atoms in total. The van der Waals surface area contributed by atoms with Gasteiger partial charge in [0.05, 0.1) is 0 Å². The molecule has 0 aromatic rings. The van der Waals surface area contributed by atoms with Crippen LogP contribution in [0, 0.1) is 0 Å². The van der Waals surface area contributed by atoms with Crippen LogP contribution >= 0.6 is 11.8 Å². The summed E-state index contributed by atoms with van der Waals surface area (Å²) in [5.74, 6) is 0.126. The molecule has 0 amide bonds. The van der Waals surface area contributed by atoms with E-state index in [0.29, 0.717) is 0 Å². The van der Waals surface area contributed by atoms with E-state index in [1.54, 1.807) is 0 Å². The molecule has 0 radical (unpaired) electrons. The molecule has 4 heteroatoms. The van der Waals surface area contributed by atoms with Crippen molar-refractivity contribution in [2.75, 3.05) is 12.3 Å². The quantitative estimate of drug-likeness (QED) is 0.669. The van der Waals surface area contributed by atoms with E-state index in [2.05, 4.69) is 5.32 Å². The standard InChI is InChI=1S/C7H13NO2S/c1-2-11-7(6(9)10)4-3-5-8-7/h8H,2-5H2,1H3,(H,9,10)/t7-/m0/s1. The lowest BCUT2D eigenvalue weighted by atomic mass is 10.2. The zero-order chi connectivity index (χ0) is 8.32. The van der Waals surface area contributed by atoms with Crippen LogP contribution in [0.25, 0.3) is 0 Å². The van der Waals surface area contributed by atoms with Gasteiger partial charge >= 0.3 is 5.97 Å². The molecule has 1 heterocycles. The SMILES string of the molecule is CCS[C@]1(C(=O)O)CCCN1. The van der Waals surface area contributed by atoms with Gasteiger partial charge in [0.15, 0.2) is 4.87 Å². The fraction of sp³-hybridized carbons (Fsp3) is 0.857. The molecule has 1 fully saturated rings. The highest BCUT2D eigenvalue weighted by molar-refractivity contribution is 8.01. The average molecular weight is 175 g/mol. The summed E-state index contributed by atoms with van der Waals surface area (Å²) in [6, 6.07) is 0. The highest BCUT2D eigenvalue weighted by Gasteiger charge is 2.40. The Balaban J connectivity index is 2.62. The third kappa shape index (κ3) is 1.68. The van der Waals surface area contributed by atoms with Gasteiger partial charge in [-0.2, -0.15) is 0 Å². The van der Waals surface area contributed by atoms with Crippen molar-refractivity contribution in [1.82, 2.24) is 5.32 Å². The number of aliphatic carboxylic acids is 1. The van der Waals surface area contributed by atoms with Crippen molar-refractivity contribution in [1.29, 1.82) is 0 Å². The molecule has 0 aliphatic carbocycles. The summed E-state index contributed by atoms with van der Waals surface area (Å²) < 4.78 is 0. The molecule has 1 saturated heterocycles. The number of rotatable bonds is 3. The molecule has 2 N–H and O–H groups in total. The smallest absolute Gasteiger partial charge is 0.334 e. The fourth-order valence-corrected chi connectivity index (χ4v) is 2.44. The summed E-state index contributed by atoms with van der Waals surface area (Å²) in [4.78, 5) is 10.2. The van der Waals surface area contributed by atoms with Crippen LogP contribution in [-0.2, 0) is 4.79 Å². The van der Waals surface area contributed by atoms with Crippen LogP contribution in [0.3, 0.4) is 0 Å². The van der Waals surface area contributed by atoms with Crippen LogP contribution in [0.5, 0.6) is 0 Å². The molecule has 1 aliphatic rings. The molecule has 1 rings (SSSR count). The molecule has 0 bridgehead atoms. The Labute approximate surface area is 70.6 Å². The van der Waals surface area contributed by atoms with E-state index in [9.17, 15) is 4.79 Å². The Morgan fingerprint density at radius 3 is 2.91 bits per heavy atom. The van der Waals surface area contributed by atoms with Crippen LogP contribution in [-0.4, -0.2) is 28.2 Å². The monoisotopic (exact) mass is 175 g/mol. The number of nitrogens with one attached hydrogen (secondary N) is 1. The molecule has 0 aromatic heterocycles. The second-order valence-electron chi connectivity index (χ2n) is 2.60. The number of thioether (sulfide) groups is 1. The lowest BCUT2D eigenvalue weighted by molar-refractivity contribution is -0.140. The minimum absolute atomic E-state index is 0.672. The first-order valence-corrected chi connectivity index (χ1v) is 4.82. The van der Waals surface area contributed by atoms with E-state index in [1.165, 1.54) is 11.8 Å². The van der Waals surface area contributed by atoms with E-state index >= 15 is 0 Å². The molecule has 0 unspecified atom stereocenters. The Kier molecular flexibility index (Phi) is 2.78. The van der Waals surface area contributed by atoms with Crippen molar-refractivity contribution < 1.29 is 9.90 Å². The summed E-state index contributed by atoms with van der Waals surface area (Å²) in [7, 11) is 0. The Hall–Kier alpha value is -0.220. The van der Waals surface area contributed by atoms with Gasteiger partial charge < -0.3 is 5.11 Å². The van der Waals surface area contributed by atoms with Gasteiger partial charge in [-0.25, -0.2) is 4.79 Å². The topological polar surface area (TPSA) is 49.3 Å². The molecule has 1 aliphatic heterocycles. The normalized spacial score (nSPS) is 30.6. The molecule has 0 saturated carbocycles. The average Bonchev–Trinajstić information content (AvgIpc) is 2.38. The van der Waals surface area contributed by atoms with E-state index in [1.807, 2.05) is 6.92 Å². The highest BCUT2D eigenvalue weighted by atomic mass is 32.2. The first-order chi connectivity index (χ1) is 5.21. The van der Waals surface area contributed by atoms with E-state index in [0.717, 1.165) is 25.1 Å². The maximum Gasteiger partial charge on any atom is 0.334 e. The van der Waals surface area contributed by atoms with Gasteiger partial charge in [0, 0.05) is 0 Å². The Morgan fingerprint density at radius 1 is 1.82 bits per heavy atom. The molecule has 0 spiro atoms. The molecule has 11 heavy (non-hydrogen) atoms. The number of carboxylic acids is 1. The summed E-state index contributed by atoms with van der Waals surface area (Å²) in [5, 5.41) is 11.9. The first-order valence-electron chi connectivity index (χ1n) is 3.83. The van der Waals surface area contributed by atoms with Crippen molar-refractivity contribution in [2.45, 2.75) is 24.6 Å². The first kappa shape index (κ1) is 8.87. The van der Waals surface area contributed by atoms with Crippen molar-refractivity contribution in [3.8, 4) is 0 Å². The van der Waals surface area contributed by atoms with E-state index in [4.69, 9.17) is 5.11 Å². The van der Waals surface area contributed by atoms with Crippen molar-refractivity contribution >= 4 is 17.7 Å². The Bertz CT molecular complexity index is 155. The van der Waals surface area contributed by atoms with Crippen molar-refractivity contribution in [3.05, 3.63) is 0 Å². The van der Waals surface area contributed by atoms with Crippen LogP contribution in [0.1, 0.15) is 19.8 Å². The summed E-state index contributed by atoms with van der Waals surface area (Å²) in [6.45, 7) is 2.81. The van der Waals surface area contributed by atoms with E-state index < -0.39 is 10.8 Å². The molecule has 1 atom stereocenters. The van der Waals surface area contributed by atoms with Gasteiger partial charge in [-0.05, 0) is 25.1 Å². The van der Waals surface area contributed by atoms with E-state index in [-0.39, 0.29) is 0 Å². The number of carboxylic acid groups (broad SMARTS) is 1. The van der Waals surface area contributed by atoms with Crippen LogP contribution in [0.2, 0.25) is 0 Å². The maximum absolute atomic E-state index is 10.8. The summed E-state index contributed by atoms with van der Waals surface area (Å²) in [6.07, 6.45) is 1.72. The van der Waals surface area contributed by atoms with Crippen LogP contribution < -0.4 is 5.32 Å². The summed E-state index contributed by atoms with van der Waals surface area (Å²) >= 11 is 1.48. The zero-order valence-electron chi connectivity index (χ0n) is 6.59. The van der Waals surface area contributed by atoms with Gasteiger partial charge in [0.2, 0.25) is 0 Å². The second-order valence-corrected chi connectivity index (χ2v) is 4.16. The third-order valence-electron chi connectivity index (χ3n) is 1.85. The van der Waals surface area contributed by atoms with Gasteiger partial charge in [-0.3, -0.25) is 5.32 Å². The molecular formula is C7H13NO2S. The van der Waals surface area contributed by atoms with Gasteiger partial charge in [-0.1, -0.05) is 6.92 Å². The third-order valence-corrected chi connectivity index (χ3v) is 3.16. The van der Waals surface area contributed by atoms with Crippen molar-refractivity contribution in [3.63, 3.8) is 0 Å². The molecule has 64 valence electrons. The largest absolute Gasteiger partial charge is 0.479 e. The minimum Gasteiger partial charge on any atom is -0.479 e. The number of hydrogen-bond acceptors (Lipinski definition) is 3. The zero-order valence-corrected chi connectivity index (χ0v) is 7.41. The van der Waals surface area contributed by atoms with Crippen LogP contribution in [0.4, 0.5) is 0 Å².